The maximum atomic E-state index is 12.3. The zero-order valence-corrected chi connectivity index (χ0v) is 12.7. The van der Waals surface area contributed by atoms with Crippen LogP contribution in [0.2, 0.25) is 0 Å². The van der Waals surface area contributed by atoms with Gasteiger partial charge in [-0.3, -0.25) is 9.40 Å². The predicted octanol–water partition coefficient (Wildman–Crippen LogP) is 1.69. The zero-order valence-electron chi connectivity index (χ0n) is 11.9. The minimum Gasteiger partial charge on any atom is -0.508 e. The molecule has 1 aromatic carbocycles. The lowest BCUT2D eigenvalue weighted by Gasteiger charge is -2.08. The van der Waals surface area contributed by atoms with E-state index in [1.54, 1.807) is 19.1 Å². The highest BCUT2D eigenvalue weighted by molar-refractivity contribution is 7.92. The Morgan fingerprint density at radius 1 is 1.43 bits per heavy atom. The Hall–Kier alpha value is -2.22. The fourth-order valence-corrected chi connectivity index (χ4v) is 2.98. The van der Waals surface area contributed by atoms with E-state index in [9.17, 15) is 13.5 Å². The Morgan fingerprint density at radius 2 is 2.14 bits per heavy atom. The highest BCUT2D eigenvalue weighted by Crippen LogP contribution is 2.25. The molecule has 1 aromatic heterocycles. The van der Waals surface area contributed by atoms with Crippen LogP contribution in [0.3, 0.4) is 0 Å². The molecule has 0 fully saturated rings. The van der Waals surface area contributed by atoms with Crippen molar-refractivity contribution < 1.29 is 13.5 Å². The van der Waals surface area contributed by atoms with Crippen LogP contribution in [0.5, 0.6) is 5.75 Å². The second-order valence-corrected chi connectivity index (χ2v) is 6.40. The number of aromatic nitrogens is 2. The molecule has 0 atom stereocenters. The number of hydrogen-bond donors (Lipinski definition) is 3. The van der Waals surface area contributed by atoms with E-state index in [-0.39, 0.29) is 22.2 Å². The highest BCUT2D eigenvalue weighted by atomic mass is 32.2. The number of nitrogens with one attached hydrogen (secondary N) is 1. The molecule has 7 nitrogen and oxygen atoms in total. The van der Waals surface area contributed by atoms with Crippen LogP contribution in [0.25, 0.3) is 0 Å². The lowest BCUT2D eigenvalue weighted by Crippen LogP contribution is -2.13. The van der Waals surface area contributed by atoms with Crippen molar-refractivity contribution in [3.8, 4) is 5.75 Å². The van der Waals surface area contributed by atoms with Crippen molar-refractivity contribution in [3.05, 3.63) is 30.0 Å². The molecule has 2 rings (SSSR count). The van der Waals surface area contributed by atoms with Gasteiger partial charge in [-0.2, -0.15) is 5.10 Å². The topological polar surface area (TPSA) is 110 Å². The normalized spacial score (nSPS) is 11.5. The Balaban J connectivity index is 2.31. The second-order valence-electron chi connectivity index (χ2n) is 4.75. The molecule has 2 aromatic rings. The molecule has 8 heteroatoms. The van der Waals surface area contributed by atoms with E-state index in [0.717, 1.165) is 6.42 Å². The molecule has 114 valence electrons. The van der Waals surface area contributed by atoms with Gasteiger partial charge in [-0.05, 0) is 25.0 Å². The van der Waals surface area contributed by atoms with Gasteiger partial charge in [0.1, 0.15) is 10.6 Å². The van der Waals surface area contributed by atoms with Crippen LogP contribution < -0.4 is 10.5 Å². The smallest absolute Gasteiger partial charge is 0.267 e. The number of anilines is 2. The van der Waals surface area contributed by atoms with Gasteiger partial charge in [-0.15, -0.1) is 0 Å². The summed E-state index contributed by atoms with van der Waals surface area (Å²) in [5, 5.41) is 13.6. The molecular weight excluding hydrogens is 292 g/mol. The summed E-state index contributed by atoms with van der Waals surface area (Å²) in [6.45, 7) is 4.27. The van der Waals surface area contributed by atoms with Crippen LogP contribution in [0.15, 0.2) is 29.3 Å². The molecule has 0 aliphatic rings. The average Bonchev–Trinajstić information content (AvgIpc) is 2.76. The number of phenols is 1. The molecule has 0 amide bonds. The van der Waals surface area contributed by atoms with Gasteiger partial charge in [-0.25, -0.2) is 8.42 Å². The minimum absolute atomic E-state index is 0.0184. The van der Waals surface area contributed by atoms with Gasteiger partial charge in [0.05, 0.1) is 5.69 Å². The lowest BCUT2D eigenvalue weighted by atomic mass is 10.2. The third kappa shape index (κ3) is 3.27. The van der Waals surface area contributed by atoms with E-state index in [4.69, 9.17) is 5.73 Å². The molecule has 0 radical (unpaired) electrons. The SMILES string of the molecule is CCCn1cc(S(=O)(=O)Nc2ccc(C)c(O)c2)c(N)n1. The van der Waals surface area contributed by atoms with Crippen molar-refractivity contribution in [3.63, 3.8) is 0 Å². The number of phenolic OH excluding ortho intramolecular Hbond substituents is 1. The molecule has 0 aliphatic carbocycles. The fraction of sp³-hybridized carbons (Fsp3) is 0.308. The summed E-state index contributed by atoms with van der Waals surface area (Å²) in [6.07, 6.45) is 2.22. The first-order chi connectivity index (χ1) is 9.83. The molecule has 0 spiro atoms. The molecule has 1 heterocycles. The van der Waals surface area contributed by atoms with Crippen molar-refractivity contribution in [2.45, 2.75) is 31.7 Å². The summed E-state index contributed by atoms with van der Waals surface area (Å²) in [7, 11) is -3.84. The van der Waals surface area contributed by atoms with Gasteiger partial charge in [0, 0.05) is 18.8 Å². The standard InChI is InChI=1S/C13H18N4O3S/c1-3-6-17-8-12(13(14)15-17)21(19,20)16-10-5-4-9(2)11(18)7-10/h4-5,7-8,16,18H,3,6H2,1-2H3,(H2,14,15). The maximum absolute atomic E-state index is 12.3. The van der Waals surface area contributed by atoms with Crippen molar-refractivity contribution in [2.24, 2.45) is 0 Å². The minimum atomic E-state index is -3.84. The van der Waals surface area contributed by atoms with E-state index in [0.29, 0.717) is 12.1 Å². The predicted molar refractivity (Wildman–Crippen MR) is 80.6 cm³/mol. The number of nitrogens with two attached hydrogens (primary N) is 1. The van der Waals surface area contributed by atoms with E-state index in [2.05, 4.69) is 9.82 Å². The second kappa shape index (κ2) is 5.65. The van der Waals surface area contributed by atoms with Crippen LogP contribution in [0, 0.1) is 6.92 Å². The summed E-state index contributed by atoms with van der Waals surface area (Å²) in [5.41, 5.74) is 6.59. The fourth-order valence-electron chi connectivity index (χ4n) is 1.85. The molecular formula is C13H18N4O3S. The number of aryl methyl sites for hydroxylation is 2. The summed E-state index contributed by atoms with van der Waals surface area (Å²) >= 11 is 0. The van der Waals surface area contributed by atoms with Gasteiger partial charge in [0.2, 0.25) is 0 Å². The molecule has 4 N–H and O–H groups in total. The number of sulfonamides is 1. The summed E-state index contributed by atoms with van der Waals surface area (Å²) in [4.78, 5) is -0.0731. The van der Waals surface area contributed by atoms with Gasteiger partial charge in [0.15, 0.2) is 5.82 Å². The third-order valence-electron chi connectivity index (χ3n) is 2.96. The number of benzene rings is 1. The first kappa shape index (κ1) is 15.2. The van der Waals surface area contributed by atoms with Crippen molar-refractivity contribution in [1.29, 1.82) is 0 Å². The van der Waals surface area contributed by atoms with E-state index >= 15 is 0 Å². The molecule has 0 unspecified atom stereocenters. The molecule has 0 aliphatic heterocycles. The summed E-state index contributed by atoms with van der Waals surface area (Å²) in [6, 6.07) is 4.54. The van der Waals surface area contributed by atoms with Crippen LogP contribution in [-0.4, -0.2) is 23.3 Å². The monoisotopic (exact) mass is 310 g/mol. The van der Waals surface area contributed by atoms with Gasteiger partial charge in [-0.1, -0.05) is 13.0 Å². The van der Waals surface area contributed by atoms with E-state index in [1.807, 2.05) is 6.92 Å². The van der Waals surface area contributed by atoms with Crippen molar-refractivity contribution in [2.75, 3.05) is 10.5 Å². The molecule has 0 saturated carbocycles. The Morgan fingerprint density at radius 3 is 2.76 bits per heavy atom. The van der Waals surface area contributed by atoms with Crippen LogP contribution in [-0.2, 0) is 16.6 Å². The number of rotatable bonds is 5. The zero-order chi connectivity index (χ0) is 15.6. The van der Waals surface area contributed by atoms with Crippen molar-refractivity contribution >= 4 is 21.5 Å². The Labute approximate surface area is 123 Å². The number of nitrogen functional groups attached to an aromatic ring is 1. The largest absolute Gasteiger partial charge is 0.508 e. The van der Waals surface area contributed by atoms with Gasteiger partial charge >= 0.3 is 0 Å². The molecule has 21 heavy (non-hydrogen) atoms. The van der Waals surface area contributed by atoms with E-state index < -0.39 is 10.0 Å². The van der Waals surface area contributed by atoms with Crippen LogP contribution >= 0.6 is 0 Å². The number of aromatic hydroxyl groups is 1. The first-order valence-electron chi connectivity index (χ1n) is 6.49. The molecule has 0 bridgehead atoms. The maximum Gasteiger partial charge on any atom is 0.267 e. The lowest BCUT2D eigenvalue weighted by molar-refractivity contribution is 0.471. The van der Waals surface area contributed by atoms with Gasteiger partial charge < -0.3 is 10.8 Å². The van der Waals surface area contributed by atoms with Crippen molar-refractivity contribution in [1.82, 2.24) is 9.78 Å². The molecule has 0 saturated heterocycles. The first-order valence-corrected chi connectivity index (χ1v) is 7.97. The Bertz CT molecular complexity index is 753. The Kier molecular flexibility index (Phi) is 4.08. The van der Waals surface area contributed by atoms with Crippen LogP contribution in [0.1, 0.15) is 18.9 Å². The van der Waals surface area contributed by atoms with Gasteiger partial charge in [0.25, 0.3) is 10.0 Å². The highest BCUT2D eigenvalue weighted by Gasteiger charge is 2.21. The summed E-state index contributed by atoms with van der Waals surface area (Å²) < 4.78 is 28.5. The average molecular weight is 310 g/mol. The number of nitrogens with zero attached hydrogens (tertiary/aromatic N) is 2. The third-order valence-corrected chi connectivity index (χ3v) is 4.36. The number of hydrogen-bond acceptors (Lipinski definition) is 5. The van der Waals surface area contributed by atoms with Crippen LogP contribution in [0.4, 0.5) is 11.5 Å². The quantitative estimate of drug-likeness (QED) is 0.778. The van der Waals surface area contributed by atoms with E-state index in [1.165, 1.54) is 16.9 Å². The summed E-state index contributed by atoms with van der Waals surface area (Å²) in [5.74, 6) is -0.0304.